The lowest BCUT2D eigenvalue weighted by atomic mass is 9.96. The maximum absolute atomic E-state index is 13.0. The maximum atomic E-state index is 13.0. The highest BCUT2D eigenvalue weighted by atomic mass is 16.4. The lowest BCUT2D eigenvalue weighted by Gasteiger charge is -2.32. The van der Waals surface area contributed by atoms with Gasteiger partial charge in [-0.05, 0) is 32.2 Å². The molecule has 0 bridgehead atoms. The molecule has 7 nitrogen and oxygen atoms in total. The zero-order valence-corrected chi connectivity index (χ0v) is 15.9. The van der Waals surface area contributed by atoms with Crippen LogP contribution >= 0.6 is 0 Å². The number of likely N-dealkylation sites (N-methyl/N-ethyl adjacent to an activating group) is 1. The van der Waals surface area contributed by atoms with Gasteiger partial charge in [-0.15, -0.1) is 0 Å². The average Bonchev–Trinajstić information content (AvgIpc) is 3.03. The first-order valence-electron chi connectivity index (χ1n) is 9.35. The summed E-state index contributed by atoms with van der Waals surface area (Å²) in [4.78, 5) is 38.3. The van der Waals surface area contributed by atoms with Crippen LogP contribution in [0, 0.1) is 5.92 Å². The fourth-order valence-electron chi connectivity index (χ4n) is 3.35. The Balaban J connectivity index is 2.88. The van der Waals surface area contributed by atoms with Crippen molar-refractivity contribution in [2.75, 3.05) is 13.6 Å². The minimum Gasteiger partial charge on any atom is -0.481 e. The van der Waals surface area contributed by atoms with E-state index in [9.17, 15) is 14.4 Å². The molecule has 3 N–H and O–H groups in total. The van der Waals surface area contributed by atoms with E-state index in [-0.39, 0.29) is 36.2 Å². The van der Waals surface area contributed by atoms with Gasteiger partial charge in [-0.1, -0.05) is 33.6 Å². The van der Waals surface area contributed by atoms with Gasteiger partial charge in [0.2, 0.25) is 11.8 Å². The summed E-state index contributed by atoms with van der Waals surface area (Å²) in [6.07, 6.45) is 3.80. The third kappa shape index (κ3) is 5.99. The molecule has 7 heteroatoms. The molecule has 0 radical (unpaired) electrons. The molecule has 1 aliphatic rings. The molecule has 0 aromatic heterocycles. The molecule has 4 atom stereocenters. The van der Waals surface area contributed by atoms with Gasteiger partial charge >= 0.3 is 5.97 Å². The lowest BCUT2D eigenvalue weighted by molar-refractivity contribution is -0.142. The number of nitrogens with one attached hydrogen (secondary N) is 2. The summed E-state index contributed by atoms with van der Waals surface area (Å²) in [6, 6.07) is -1.21. The van der Waals surface area contributed by atoms with Crippen LogP contribution < -0.4 is 10.6 Å². The van der Waals surface area contributed by atoms with Gasteiger partial charge in [0, 0.05) is 12.6 Å². The molecule has 0 saturated carbocycles. The van der Waals surface area contributed by atoms with Crippen LogP contribution in [-0.2, 0) is 14.4 Å². The van der Waals surface area contributed by atoms with Crippen LogP contribution in [0.4, 0.5) is 0 Å². The van der Waals surface area contributed by atoms with E-state index in [1.165, 1.54) is 0 Å². The molecule has 1 heterocycles. The Hall–Kier alpha value is -1.63. The first-order chi connectivity index (χ1) is 11.8. The van der Waals surface area contributed by atoms with Crippen molar-refractivity contribution in [2.45, 2.75) is 77.4 Å². The van der Waals surface area contributed by atoms with E-state index in [0.717, 1.165) is 19.3 Å². The summed E-state index contributed by atoms with van der Waals surface area (Å²) >= 11 is 0. The fourth-order valence-corrected chi connectivity index (χ4v) is 3.35. The molecule has 1 rings (SSSR count). The number of rotatable bonds is 10. The minimum absolute atomic E-state index is 0.0124. The van der Waals surface area contributed by atoms with Crippen molar-refractivity contribution in [2.24, 2.45) is 5.92 Å². The number of carbonyl (C=O) groups is 3. The molecular formula is C18H33N3O4. The molecule has 0 aromatic carbocycles. The highest BCUT2D eigenvalue weighted by Crippen LogP contribution is 2.23. The fraction of sp³-hybridized carbons (Fsp3) is 0.833. The molecule has 1 saturated heterocycles. The van der Waals surface area contributed by atoms with Crippen LogP contribution in [0.3, 0.4) is 0 Å². The van der Waals surface area contributed by atoms with E-state index < -0.39 is 12.0 Å². The smallest absolute Gasteiger partial charge is 0.305 e. The monoisotopic (exact) mass is 355 g/mol. The summed E-state index contributed by atoms with van der Waals surface area (Å²) in [5.74, 6) is -1.23. The Kier molecular flexibility index (Phi) is 8.89. The van der Waals surface area contributed by atoms with E-state index in [1.54, 1.807) is 11.9 Å². The summed E-state index contributed by atoms with van der Waals surface area (Å²) in [5.41, 5.74) is 0. The van der Waals surface area contributed by atoms with Crippen molar-refractivity contribution in [1.29, 1.82) is 0 Å². The van der Waals surface area contributed by atoms with Gasteiger partial charge in [-0.2, -0.15) is 0 Å². The molecule has 1 aliphatic heterocycles. The highest BCUT2D eigenvalue weighted by molar-refractivity contribution is 5.90. The van der Waals surface area contributed by atoms with Gasteiger partial charge in [0.05, 0.1) is 12.5 Å². The van der Waals surface area contributed by atoms with Gasteiger partial charge in [0.25, 0.3) is 0 Å². The Morgan fingerprint density at radius 2 is 1.96 bits per heavy atom. The van der Waals surface area contributed by atoms with E-state index in [2.05, 4.69) is 10.6 Å². The highest BCUT2D eigenvalue weighted by Gasteiger charge is 2.37. The van der Waals surface area contributed by atoms with Gasteiger partial charge in [-0.3, -0.25) is 14.4 Å². The van der Waals surface area contributed by atoms with Crippen molar-refractivity contribution in [1.82, 2.24) is 15.5 Å². The molecule has 0 aromatic rings. The van der Waals surface area contributed by atoms with Crippen molar-refractivity contribution in [3.8, 4) is 0 Å². The Morgan fingerprint density at radius 3 is 2.48 bits per heavy atom. The SMILES string of the molecule is CCC[C@H](NC)C(=O)N[C@H](C(=O)N1CCCC1CC(=O)O)[C@@H](C)CC. The lowest BCUT2D eigenvalue weighted by Crippen LogP contribution is -2.56. The zero-order chi connectivity index (χ0) is 19.0. The summed E-state index contributed by atoms with van der Waals surface area (Å²) in [6.45, 7) is 6.50. The Labute approximate surface area is 150 Å². The van der Waals surface area contributed by atoms with E-state index >= 15 is 0 Å². The Bertz CT molecular complexity index is 469. The standard InChI is InChI=1S/C18H33N3O4/c1-5-8-14(19-4)17(24)20-16(12(3)6-2)18(25)21-10-7-9-13(21)11-15(22)23/h12-14,16,19H,5-11H2,1-4H3,(H,20,24)(H,22,23)/t12-,13?,14-,16-/m0/s1. The molecule has 1 unspecified atom stereocenters. The van der Waals surface area contributed by atoms with E-state index in [1.807, 2.05) is 20.8 Å². The number of carboxylic acid groups (broad SMARTS) is 1. The van der Waals surface area contributed by atoms with Gasteiger partial charge in [-0.25, -0.2) is 0 Å². The summed E-state index contributed by atoms with van der Waals surface area (Å²) in [5, 5.41) is 15.0. The van der Waals surface area contributed by atoms with Crippen molar-refractivity contribution in [3.63, 3.8) is 0 Å². The molecule has 0 spiro atoms. The van der Waals surface area contributed by atoms with Crippen LogP contribution in [0.5, 0.6) is 0 Å². The van der Waals surface area contributed by atoms with Crippen molar-refractivity contribution < 1.29 is 19.5 Å². The molecular weight excluding hydrogens is 322 g/mol. The second-order valence-electron chi connectivity index (χ2n) is 6.93. The van der Waals surface area contributed by atoms with Crippen LogP contribution in [-0.4, -0.2) is 59.5 Å². The number of hydrogen-bond acceptors (Lipinski definition) is 4. The van der Waals surface area contributed by atoms with Crippen LogP contribution in [0.25, 0.3) is 0 Å². The Morgan fingerprint density at radius 1 is 1.28 bits per heavy atom. The third-order valence-corrected chi connectivity index (χ3v) is 5.09. The summed E-state index contributed by atoms with van der Waals surface area (Å²) in [7, 11) is 1.74. The number of amides is 2. The number of carboxylic acids is 1. The van der Waals surface area contributed by atoms with Gasteiger partial charge in [0.15, 0.2) is 0 Å². The largest absolute Gasteiger partial charge is 0.481 e. The summed E-state index contributed by atoms with van der Waals surface area (Å²) < 4.78 is 0. The predicted octanol–water partition coefficient (Wildman–Crippen LogP) is 1.37. The second kappa shape index (κ2) is 10.4. The van der Waals surface area contributed by atoms with Gasteiger partial charge in [0.1, 0.15) is 6.04 Å². The maximum Gasteiger partial charge on any atom is 0.305 e. The first-order valence-corrected chi connectivity index (χ1v) is 9.35. The minimum atomic E-state index is -0.896. The number of hydrogen-bond donors (Lipinski definition) is 3. The molecule has 25 heavy (non-hydrogen) atoms. The van der Waals surface area contributed by atoms with Crippen molar-refractivity contribution >= 4 is 17.8 Å². The number of nitrogens with zero attached hydrogens (tertiary/aromatic N) is 1. The third-order valence-electron chi connectivity index (χ3n) is 5.09. The second-order valence-corrected chi connectivity index (χ2v) is 6.93. The van der Waals surface area contributed by atoms with Gasteiger partial charge < -0.3 is 20.6 Å². The first kappa shape index (κ1) is 21.4. The quantitative estimate of drug-likeness (QED) is 0.550. The predicted molar refractivity (Wildman–Crippen MR) is 96.1 cm³/mol. The zero-order valence-electron chi connectivity index (χ0n) is 15.9. The van der Waals surface area contributed by atoms with E-state index in [4.69, 9.17) is 5.11 Å². The number of aliphatic carboxylic acids is 1. The number of carbonyl (C=O) groups excluding carboxylic acids is 2. The van der Waals surface area contributed by atoms with Crippen LogP contribution in [0.2, 0.25) is 0 Å². The number of likely N-dealkylation sites (tertiary alicyclic amines) is 1. The van der Waals surface area contributed by atoms with E-state index in [0.29, 0.717) is 19.4 Å². The normalized spacial score (nSPS) is 20.8. The average molecular weight is 355 g/mol. The molecule has 144 valence electrons. The van der Waals surface area contributed by atoms with Crippen LogP contribution in [0.15, 0.2) is 0 Å². The molecule has 2 amide bonds. The molecule has 0 aliphatic carbocycles. The molecule has 1 fully saturated rings. The topological polar surface area (TPSA) is 98.7 Å². The van der Waals surface area contributed by atoms with Crippen LogP contribution in [0.1, 0.15) is 59.3 Å². The van der Waals surface area contributed by atoms with Crippen molar-refractivity contribution in [3.05, 3.63) is 0 Å².